The Bertz CT molecular complexity index is 849. The van der Waals surface area contributed by atoms with Crippen LogP contribution in [0.1, 0.15) is 23.1 Å². The number of benzene rings is 2. The van der Waals surface area contributed by atoms with Gasteiger partial charge in [0.1, 0.15) is 0 Å². The first-order chi connectivity index (χ1) is 12.3. The van der Waals surface area contributed by atoms with Gasteiger partial charge in [0.25, 0.3) is 0 Å². The van der Waals surface area contributed by atoms with Crippen molar-refractivity contribution in [3.8, 4) is 0 Å². The molecule has 1 heterocycles. The molecule has 2 aromatic rings. The molecule has 1 aliphatic heterocycles. The van der Waals surface area contributed by atoms with Crippen LogP contribution < -0.4 is 5.32 Å². The van der Waals surface area contributed by atoms with Crippen LogP contribution in [0, 0.1) is 6.92 Å². The highest BCUT2D eigenvalue weighted by Gasteiger charge is 2.32. The van der Waals surface area contributed by atoms with Crippen molar-refractivity contribution in [2.24, 2.45) is 4.99 Å². The molecule has 3 rings (SSSR count). The second-order valence-corrected chi connectivity index (χ2v) is 7.23. The molecule has 0 aromatic heterocycles. The van der Waals surface area contributed by atoms with Gasteiger partial charge in [0.05, 0.1) is 16.5 Å². The van der Waals surface area contributed by atoms with E-state index in [1.165, 1.54) is 17.8 Å². The monoisotopic (exact) mass is 378 g/mol. The molecule has 26 heavy (non-hydrogen) atoms. The molecular formula is C19H17F3N2OS. The summed E-state index contributed by atoms with van der Waals surface area (Å²) in [6, 6.07) is 12.8. The summed E-state index contributed by atoms with van der Waals surface area (Å²) in [7, 11) is 0. The van der Waals surface area contributed by atoms with E-state index in [4.69, 9.17) is 0 Å². The number of para-hydroxylation sites is 1. The van der Waals surface area contributed by atoms with Crippen molar-refractivity contribution in [1.29, 1.82) is 0 Å². The van der Waals surface area contributed by atoms with Crippen LogP contribution in [0.5, 0.6) is 0 Å². The van der Waals surface area contributed by atoms with Crippen LogP contribution in [0.15, 0.2) is 53.5 Å². The van der Waals surface area contributed by atoms with Crippen molar-refractivity contribution in [2.45, 2.75) is 31.2 Å². The molecule has 1 fully saturated rings. The molecule has 1 saturated heterocycles. The van der Waals surface area contributed by atoms with E-state index in [1.54, 1.807) is 6.07 Å². The van der Waals surface area contributed by atoms with Gasteiger partial charge in [0.2, 0.25) is 5.91 Å². The van der Waals surface area contributed by atoms with Crippen LogP contribution in [-0.4, -0.2) is 16.3 Å². The van der Waals surface area contributed by atoms with E-state index in [0.29, 0.717) is 23.6 Å². The number of thioether (sulfide) groups is 1. The van der Waals surface area contributed by atoms with E-state index in [2.05, 4.69) is 10.3 Å². The van der Waals surface area contributed by atoms with Crippen LogP contribution >= 0.6 is 11.8 Å². The lowest BCUT2D eigenvalue weighted by atomic mass is 10.0. The fraction of sp³-hybridized carbons (Fsp3) is 0.263. The van der Waals surface area contributed by atoms with Gasteiger partial charge in [-0.2, -0.15) is 13.2 Å². The molecule has 0 bridgehead atoms. The van der Waals surface area contributed by atoms with Crippen LogP contribution in [0.4, 0.5) is 18.9 Å². The van der Waals surface area contributed by atoms with Gasteiger partial charge < -0.3 is 5.32 Å². The fourth-order valence-corrected chi connectivity index (χ4v) is 3.63. The molecule has 1 unspecified atom stereocenters. The molecule has 3 nitrogen and oxygen atoms in total. The predicted octanol–water partition coefficient (Wildman–Crippen LogP) is 4.87. The normalized spacial score (nSPS) is 19.0. The number of aryl methyl sites for hydroxylation is 2. The quantitative estimate of drug-likeness (QED) is 0.825. The van der Waals surface area contributed by atoms with Gasteiger partial charge in [-0.1, -0.05) is 48.2 Å². The number of hydrogen-bond donors (Lipinski definition) is 1. The number of carbonyl (C=O) groups is 1. The zero-order chi connectivity index (χ0) is 18.7. The Balaban J connectivity index is 1.65. The Labute approximate surface area is 153 Å². The number of amidine groups is 1. The van der Waals surface area contributed by atoms with E-state index in [1.807, 2.05) is 31.2 Å². The molecule has 0 spiro atoms. The summed E-state index contributed by atoms with van der Waals surface area (Å²) in [6.45, 7) is 1.94. The van der Waals surface area contributed by atoms with Crippen LogP contribution in [0.2, 0.25) is 0 Å². The Kier molecular flexibility index (Phi) is 5.36. The molecule has 1 aliphatic rings. The summed E-state index contributed by atoms with van der Waals surface area (Å²) in [6.07, 6.45) is -3.51. The highest BCUT2D eigenvalue weighted by molar-refractivity contribution is 8.15. The third kappa shape index (κ3) is 4.46. The van der Waals surface area contributed by atoms with Crippen LogP contribution in [0.25, 0.3) is 0 Å². The molecule has 7 heteroatoms. The van der Waals surface area contributed by atoms with Crippen molar-refractivity contribution < 1.29 is 18.0 Å². The lowest BCUT2D eigenvalue weighted by Crippen LogP contribution is -2.25. The average molecular weight is 378 g/mol. The summed E-state index contributed by atoms with van der Waals surface area (Å²) in [5, 5.41) is 2.92. The second-order valence-electron chi connectivity index (χ2n) is 6.04. The second kappa shape index (κ2) is 7.53. The summed E-state index contributed by atoms with van der Waals surface area (Å²) in [5.41, 5.74) is 1.69. The Morgan fingerprint density at radius 1 is 1.15 bits per heavy atom. The van der Waals surface area contributed by atoms with Crippen molar-refractivity contribution in [1.82, 2.24) is 5.32 Å². The van der Waals surface area contributed by atoms with E-state index in [0.717, 1.165) is 23.4 Å². The maximum absolute atomic E-state index is 12.8. The van der Waals surface area contributed by atoms with Gasteiger partial charge in [-0.15, -0.1) is 0 Å². The smallest absolute Gasteiger partial charge is 0.304 e. The maximum Gasteiger partial charge on any atom is 0.416 e. The Morgan fingerprint density at radius 2 is 1.92 bits per heavy atom. The number of nitrogens with one attached hydrogen (secondary N) is 1. The predicted molar refractivity (Wildman–Crippen MR) is 97.6 cm³/mol. The van der Waals surface area contributed by atoms with E-state index < -0.39 is 11.7 Å². The third-order valence-corrected chi connectivity index (χ3v) is 5.21. The fourth-order valence-electron chi connectivity index (χ4n) is 2.65. The number of carbonyl (C=O) groups excluding carboxylic acids is 1. The molecule has 1 amide bonds. The molecule has 0 radical (unpaired) electrons. The minimum Gasteiger partial charge on any atom is -0.304 e. The van der Waals surface area contributed by atoms with Crippen molar-refractivity contribution in [3.05, 3.63) is 65.2 Å². The number of alkyl halides is 3. The van der Waals surface area contributed by atoms with Crippen molar-refractivity contribution in [3.63, 3.8) is 0 Å². The summed E-state index contributed by atoms with van der Waals surface area (Å²) in [4.78, 5) is 16.6. The molecule has 1 atom stereocenters. The van der Waals surface area contributed by atoms with Gasteiger partial charge in [-0.05, 0) is 43.0 Å². The number of hydrogen-bond acceptors (Lipinski definition) is 3. The molecular weight excluding hydrogens is 361 g/mol. The number of aliphatic imine (C=N–C) groups is 1. The minimum absolute atomic E-state index is 0.158. The standard InChI is InChI=1S/C19H17F3N2OS/c1-12-5-2-3-8-15(12)23-18-24-17(25)16(26-18)10-9-13-6-4-7-14(11-13)19(20,21)22/h2-8,11,16H,9-10H2,1H3,(H,23,24,25). The molecule has 136 valence electrons. The van der Waals surface area contributed by atoms with Gasteiger partial charge in [0.15, 0.2) is 5.17 Å². The molecule has 0 saturated carbocycles. The average Bonchev–Trinajstić information content (AvgIpc) is 2.94. The topological polar surface area (TPSA) is 41.5 Å². The SMILES string of the molecule is Cc1ccccc1N=C1NC(=O)C(CCc2cccc(C(F)(F)F)c2)S1. The van der Waals surface area contributed by atoms with E-state index in [9.17, 15) is 18.0 Å². The molecule has 0 aliphatic carbocycles. The largest absolute Gasteiger partial charge is 0.416 e. The lowest BCUT2D eigenvalue weighted by Gasteiger charge is -2.09. The Hall–Kier alpha value is -2.28. The lowest BCUT2D eigenvalue weighted by molar-refractivity contribution is -0.137. The van der Waals surface area contributed by atoms with Crippen molar-refractivity contribution in [2.75, 3.05) is 0 Å². The highest BCUT2D eigenvalue weighted by atomic mass is 32.2. The van der Waals surface area contributed by atoms with E-state index >= 15 is 0 Å². The summed E-state index contributed by atoms with van der Waals surface area (Å²) in [5.74, 6) is -0.158. The molecule has 1 N–H and O–H groups in total. The minimum atomic E-state index is -4.36. The summed E-state index contributed by atoms with van der Waals surface area (Å²) >= 11 is 1.32. The van der Waals surface area contributed by atoms with Gasteiger partial charge >= 0.3 is 6.18 Å². The van der Waals surface area contributed by atoms with Crippen LogP contribution in [-0.2, 0) is 17.4 Å². The zero-order valence-electron chi connectivity index (χ0n) is 14.0. The zero-order valence-corrected chi connectivity index (χ0v) is 14.8. The first kappa shape index (κ1) is 18.5. The van der Waals surface area contributed by atoms with Crippen molar-refractivity contribution >= 4 is 28.5 Å². The maximum atomic E-state index is 12.8. The first-order valence-electron chi connectivity index (χ1n) is 8.11. The first-order valence-corrected chi connectivity index (χ1v) is 8.99. The molecule has 2 aromatic carbocycles. The number of nitrogens with zero attached hydrogens (tertiary/aromatic N) is 1. The van der Waals surface area contributed by atoms with E-state index in [-0.39, 0.29) is 11.2 Å². The van der Waals surface area contributed by atoms with Gasteiger partial charge in [-0.25, -0.2) is 4.99 Å². The number of halogens is 3. The van der Waals surface area contributed by atoms with Gasteiger partial charge in [0, 0.05) is 0 Å². The number of amides is 1. The Morgan fingerprint density at radius 3 is 2.65 bits per heavy atom. The summed E-state index contributed by atoms with van der Waals surface area (Å²) < 4.78 is 38.3. The van der Waals surface area contributed by atoms with Crippen LogP contribution in [0.3, 0.4) is 0 Å². The van der Waals surface area contributed by atoms with Gasteiger partial charge in [-0.3, -0.25) is 4.79 Å². The third-order valence-electron chi connectivity index (χ3n) is 4.06. The number of rotatable bonds is 4. The highest BCUT2D eigenvalue weighted by Crippen LogP contribution is 2.31.